The maximum Gasteiger partial charge on any atom is 0.306 e. The predicted octanol–water partition coefficient (Wildman–Crippen LogP) is 19.1. The Morgan fingerprint density at radius 2 is 0.594 bits per heavy atom. The van der Waals surface area contributed by atoms with Crippen molar-refractivity contribution in [3.8, 4) is 0 Å². The highest BCUT2D eigenvalue weighted by Gasteiger charge is 2.19. The number of unbranched alkanes of at least 4 members (excludes halogenated alkanes) is 21. The maximum absolute atomic E-state index is 12.8. The van der Waals surface area contributed by atoms with Gasteiger partial charge in [0, 0.05) is 19.3 Å². The van der Waals surface area contributed by atoms with Crippen molar-refractivity contribution in [3.05, 3.63) is 109 Å². The molecule has 6 nitrogen and oxygen atoms in total. The summed E-state index contributed by atoms with van der Waals surface area (Å²) in [5.74, 6) is -0.927. The molecule has 0 aromatic rings. The highest BCUT2D eigenvalue weighted by molar-refractivity contribution is 5.71. The fourth-order valence-corrected chi connectivity index (χ4v) is 7.52. The molecule has 392 valence electrons. The lowest BCUT2D eigenvalue weighted by Crippen LogP contribution is -2.30. The number of carbonyl (C=O) groups excluding carboxylic acids is 3. The van der Waals surface area contributed by atoms with Crippen molar-refractivity contribution < 1.29 is 28.6 Å². The topological polar surface area (TPSA) is 78.9 Å². The van der Waals surface area contributed by atoms with E-state index < -0.39 is 6.10 Å². The summed E-state index contributed by atoms with van der Waals surface area (Å²) in [6, 6.07) is 0. The van der Waals surface area contributed by atoms with E-state index in [0.717, 1.165) is 141 Å². The van der Waals surface area contributed by atoms with Gasteiger partial charge >= 0.3 is 17.9 Å². The summed E-state index contributed by atoms with van der Waals surface area (Å²) >= 11 is 0. The summed E-state index contributed by atoms with van der Waals surface area (Å²) in [5.41, 5.74) is 0. The van der Waals surface area contributed by atoms with Gasteiger partial charge in [0.25, 0.3) is 0 Å². The molecular formula is C63H104O6. The SMILES string of the molecule is CC/C=C\C/C=C\C/C=C\C/C=C\C/C=C\C/C=C\C/C=C\C/C=C\CCCCCCC(=O)OCC(COC(=O)CCCCCCC/C=C\CCC)OC(=O)CCCCCCCCCCCCCC. The second kappa shape index (κ2) is 56.7. The first-order chi connectivity index (χ1) is 34.0. The van der Waals surface area contributed by atoms with Crippen LogP contribution < -0.4 is 0 Å². The molecule has 0 radical (unpaired) electrons. The summed E-state index contributed by atoms with van der Waals surface area (Å²) in [6.45, 7) is 6.42. The van der Waals surface area contributed by atoms with Crippen LogP contribution in [0, 0.1) is 0 Å². The molecule has 0 aliphatic rings. The fraction of sp³-hybridized carbons (Fsp3) is 0.667. The van der Waals surface area contributed by atoms with Gasteiger partial charge in [-0.05, 0) is 103 Å². The van der Waals surface area contributed by atoms with Gasteiger partial charge in [0.1, 0.15) is 13.2 Å². The molecule has 0 aromatic heterocycles. The van der Waals surface area contributed by atoms with Crippen molar-refractivity contribution in [1.82, 2.24) is 0 Å². The number of esters is 3. The standard InChI is InChI=1S/C63H104O6/c1-4-7-10-13-16-19-22-24-25-26-27-28-29-30-31-32-33-34-35-36-37-38-39-40-42-44-47-50-53-56-62(65)68-59-60(58-67-61(64)55-52-49-46-43-21-18-15-12-9-6-3)69-63(66)57-54-51-48-45-41-23-20-17-14-11-8-5-2/h7,10,12,15-16,19,24-25,27-28,30-31,33-34,36-37,39-40,60H,4-6,8-9,11,13-14,17-18,20-23,26,29,32,35,38,41-59H2,1-3H3/b10-7-,15-12-,19-16-,25-24-,28-27-,31-30-,34-33-,37-36-,40-39-. The Labute approximate surface area is 425 Å². The molecule has 0 spiro atoms. The van der Waals surface area contributed by atoms with Crippen molar-refractivity contribution in [2.45, 2.75) is 258 Å². The van der Waals surface area contributed by atoms with Gasteiger partial charge in [-0.3, -0.25) is 14.4 Å². The summed E-state index contributed by atoms with van der Waals surface area (Å²) in [7, 11) is 0. The molecule has 6 heteroatoms. The van der Waals surface area contributed by atoms with E-state index >= 15 is 0 Å². The highest BCUT2D eigenvalue weighted by Crippen LogP contribution is 2.15. The minimum atomic E-state index is -0.790. The third kappa shape index (κ3) is 54.9. The minimum Gasteiger partial charge on any atom is -0.462 e. The zero-order valence-corrected chi connectivity index (χ0v) is 44.8. The maximum atomic E-state index is 12.8. The zero-order valence-electron chi connectivity index (χ0n) is 44.8. The normalized spacial score (nSPS) is 12.9. The van der Waals surface area contributed by atoms with E-state index in [1.807, 2.05) is 0 Å². The number of rotatable bonds is 50. The van der Waals surface area contributed by atoms with Crippen molar-refractivity contribution in [3.63, 3.8) is 0 Å². The van der Waals surface area contributed by atoms with Crippen LogP contribution in [0.25, 0.3) is 0 Å². The van der Waals surface area contributed by atoms with Gasteiger partial charge in [-0.15, -0.1) is 0 Å². The summed E-state index contributed by atoms with van der Waals surface area (Å²) in [6.07, 6.45) is 76.6. The van der Waals surface area contributed by atoms with E-state index in [4.69, 9.17) is 14.2 Å². The lowest BCUT2D eigenvalue weighted by atomic mass is 10.0. The Morgan fingerprint density at radius 1 is 0.304 bits per heavy atom. The molecule has 0 aliphatic heterocycles. The number of allylic oxidation sites excluding steroid dienone is 18. The van der Waals surface area contributed by atoms with Crippen molar-refractivity contribution >= 4 is 17.9 Å². The molecule has 0 N–H and O–H groups in total. The van der Waals surface area contributed by atoms with Crippen LogP contribution in [-0.4, -0.2) is 37.2 Å². The van der Waals surface area contributed by atoms with Crippen LogP contribution in [-0.2, 0) is 28.6 Å². The second-order valence-corrected chi connectivity index (χ2v) is 18.5. The van der Waals surface area contributed by atoms with E-state index in [9.17, 15) is 14.4 Å². The number of carbonyl (C=O) groups is 3. The molecular weight excluding hydrogens is 853 g/mol. The van der Waals surface area contributed by atoms with Crippen molar-refractivity contribution in [2.24, 2.45) is 0 Å². The van der Waals surface area contributed by atoms with Crippen molar-refractivity contribution in [2.75, 3.05) is 13.2 Å². The van der Waals surface area contributed by atoms with Gasteiger partial charge < -0.3 is 14.2 Å². The van der Waals surface area contributed by atoms with Gasteiger partial charge in [0.15, 0.2) is 6.10 Å². The second-order valence-electron chi connectivity index (χ2n) is 18.5. The molecule has 0 aliphatic carbocycles. The van der Waals surface area contributed by atoms with Crippen LogP contribution in [0.3, 0.4) is 0 Å². The first kappa shape index (κ1) is 65.1. The van der Waals surface area contributed by atoms with Crippen LogP contribution in [0.4, 0.5) is 0 Å². The molecule has 0 saturated heterocycles. The lowest BCUT2D eigenvalue weighted by molar-refractivity contribution is -0.167. The number of ether oxygens (including phenoxy) is 3. The van der Waals surface area contributed by atoms with Crippen LogP contribution >= 0.6 is 0 Å². The third-order valence-electron chi connectivity index (χ3n) is 11.7. The Kier molecular flexibility index (Phi) is 53.4. The molecule has 0 amide bonds. The molecule has 1 unspecified atom stereocenters. The van der Waals surface area contributed by atoms with E-state index in [0.29, 0.717) is 19.3 Å². The third-order valence-corrected chi connectivity index (χ3v) is 11.7. The van der Waals surface area contributed by atoms with E-state index in [1.54, 1.807) is 0 Å². The van der Waals surface area contributed by atoms with E-state index in [1.165, 1.54) is 70.6 Å². The van der Waals surface area contributed by atoms with Crippen LogP contribution in [0.5, 0.6) is 0 Å². The number of hydrogen-bond donors (Lipinski definition) is 0. The lowest BCUT2D eigenvalue weighted by Gasteiger charge is -2.18. The van der Waals surface area contributed by atoms with Crippen LogP contribution in [0.2, 0.25) is 0 Å². The Morgan fingerprint density at radius 3 is 0.957 bits per heavy atom. The predicted molar refractivity (Wildman–Crippen MR) is 297 cm³/mol. The van der Waals surface area contributed by atoms with Gasteiger partial charge in [-0.25, -0.2) is 0 Å². The quantitative estimate of drug-likeness (QED) is 0.0262. The molecule has 0 bridgehead atoms. The molecule has 0 rings (SSSR count). The molecule has 1 atom stereocenters. The Balaban J connectivity index is 4.29. The average Bonchev–Trinajstić information content (AvgIpc) is 3.35. The van der Waals surface area contributed by atoms with E-state index in [2.05, 4.69) is 130 Å². The fourth-order valence-electron chi connectivity index (χ4n) is 7.52. The molecule has 0 heterocycles. The van der Waals surface area contributed by atoms with Crippen molar-refractivity contribution in [1.29, 1.82) is 0 Å². The first-order valence-corrected chi connectivity index (χ1v) is 28.4. The van der Waals surface area contributed by atoms with Gasteiger partial charge in [-0.2, -0.15) is 0 Å². The highest BCUT2D eigenvalue weighted by atomic mass is 16.6. The summed E-state index contributed by atoms with van der Waals surface area (Å²) in [5, 5.41) is 0. The smallest absolute Gasteiger partial charge is 0.306 e. The van der Waals surface area contributed by atoms with Gasteiger partial charge in [0.2, 0.25) is 0 Å². The molecule has 69 heavy (non-hydrogen) atoms. The van der Waals surface area contributed by atoms with Gasteiger partial charge in [-0.1, -0.05) is 239 Å². The molecule has 0 saturated carbocycles. The minimum absolute atomic E-state index is 0.0901. The van der Waals surface area contributed by atoms with Crippen LogP contribution in [0.1, 0.15) is 252 Å². The largest absolute Gasteiger partial charge is 0.462 e. The monoisotopic (exact) mass is 957 g/mol. The average molecular weight is 958 g/mol. The van der Waals surface area contributed by atoms with Gasteiger partial charge in [0.05, 0.1) is 0 Å². The first-order valence-electron chi connectivity index (χ1n) is 28.4. The van der Waals surface area contributed by atoms with Crippen LogP contribution in [0.15, 0.2) is 109 Å². The summed E-state index contributed by atoms with van der Waals surface area (Å²) < 4.78 is 16.8. The summed E-state index contributed by atoms with van der Waals surface area (Å²) in [4.78, 5) is 38.0. The Hall–Kier alpha value is -3.93. The molecule has 0 aromatic carbocycles. The zero-order chi connectivity index (χ0) is 50.0. The molecule has 0 fully saturated rings. The Bertz CT molecular complexity index is 1420. The number of hydrogen-bond acceptors (Lipinski definition) is 6. The van der Waals surface area contributed by atoms with E-state index in [-0.39, 0.29) is 31.1 Å².